The summed E-state index contributed by atoms with van der Waals surface area (Å²) in [6.07, 6.45) is 3.03. The van der Waals surface area contributed by atoms with E-state index in [0.717, 1.165) is 0 Å². The highest BCUT2D eigenvalue weighted by Crippen LogP contribution is 2.16. The molecule has 1 heterocycles. The molecule has 0 aliphatic rings. The van der Waals surface area contributed by atoms with E-state index in [1.807, 2.05) is 0 Å². The van der Waals surface area contributed by atoms with Crippen LogP contribution in [0, 0.1) is 0 Å². The SMILES string of the molecule is COc1ccncc1C(=O)[C@@H](C)N. The molecule has 13 heavy (non-hydrogen) atoms. The average molecular weight is 180 g/mol. The molecule has 0 aliphatic carbocycles. The van der Waals surface area contributed by atoms with Gasteiger partial charge in [0.1, 0.15) is 5.75 Å². The molecule has 0 amide bonds. The van der Waals surface area contributed by atoms with E-state index in [9.17, 15) is 4.79 Å². The Balaban J connectivity index is 3.06. The van der Waals surface area contributed by atoms with Crippen molar-refractivity contribution in [3.8, 4) is 5.75 Å². The second-order valence-electron chi connectivity index (χ2n) is 2.73. The monoisotopic (exact) mass is 180 g/mol. The van der Waals surface area contributed by atoms with Crippen LogP contribution in [-0.4, -0.2) is 23.9 Å². The van der Waals surface area contributed by atoms with Crippen molar-refractivity contribution in [2.24, 2.45) is 5.73 Å². The summed E-state index contributed by atoms with van der Waals surface area (Å²) in [5, 5.41) is 0. The van der Waals surface area contributed by atoms with Crippen LogP contribution in [0.5, 0.6) is 5.75 Å². The van der Waals surface area contributed by atoms with Gasteiger partial charge in [-0.2, -0.15) is 0 Å². The quantitative estimate of drug-likeness (QED) is 0.692. The molecule has 4 nitrogen and oxygen atoms in total. The zero-order chi connectivity index (χ0) is 9.84. The highest BCUT2D eigenvalue weighted by molar-refractivity contribution is 6.01. The lowest BCUT2D eigenvalue weighted by Gasteiger charge is -2.07. The topological polar surface area (TPSA) is 65.2 Å². The highest BCUT2D eigenvalue weighted by Gasteiger charge is 2.15. The molecular weight excluding hydrogens is 168 g/mol. The number of ketones is 1. The van der Waals surface area contributed by atoms with Crippen molar-refractivity contribution in [3.05, 3.63) is 24.0 Å². The van der Waals surface area contributed by atoms with Gasteiger partial charge < -0.3 is 10.5 Å². The first-order chi connectivity index (χ1) is 6.16. The third-order valence-corrected chi connectivity index (χ3v) is 1.68. The summed E-state index contributed by atoms with van der Waals surface area (Å²) < 4.78 is 5.00. The molecule has 0 spiro atoms. The molecule has 2 N–H and O–H groups in total. The maximum absolute atomic E-state index is 11.5. The summed E-state index contributed by atoms with van der Waals surface area (Å²) in [5.41, 5.74) is 5.89. The zero-order valence-electron chi connectivity index (χ0n) is 7.65. The zero-order valence-corrected chi connectivity index (χ0v) is 7.65. The molecule has 0 radical (unpaired) electrons. The molecule has 70 valence electrons. The number of Topliss-reactive ketones (excluding diaryl/α,β-unsaturated/α-hetero) is 1. The Bertz CT molecular complexity index is 310. The second kappa shape index (κ2) is 4.00. The molecule has 0 aromatic carbocycles. The van der Waals surface area contributed by atoms with E-state index in [1.54, 1.807) is 19.2 Å². The van der Waals surface area contributed by atoms with Crippen molar-refractivity contribution < 1.29 is 9.53 Å². The first-order valence-electron chi connectivity index (χ1n) is 3.94. The summed E-state index contributed by atoms with van der Waals surface area (Å²) in [6.45, 7) is 1.63. The Kier molecular flexibility index (Phi) is 2.97. The molecule has 1 aromatic rings. The fourth-order valence-electron chi connectivity index (χ4n) is 0.990. The molecule has 0 aliphatic heterocycles. The standard InChI is InChI=1S/C9H12N2O2/c1-6(10)9(12)7-5-11-4-3-8(7)13-2/h3-6H,10H2,1-2H3/t6-/m1/s1. The predicted octanol–water partition coefficient (Wildman–Crippen LogP) is 0.620. The summed E-state index contributed by atoms with van der Waals surface area (Å²) in [6, 6.07) is 1.10. The summed E-state index contributed by atoms with van der Waals surface area (Å²) in [5.74, 6) is 0.349. The van der Waals surface area contributed by atoms with E-state index in [-0.39, 0.29) is 5.78 Å². The lowest BCUT2D eigenvalue weighted by Crippen LogP contribution is -2.27. The number of carbonyl (C=O) groups is 1. The Morgan fingerprint density at radius 3 is 2.92 bits per heavy atom. The van der Waals surface area contributed by atoms with Crippen molar-refractivity contribution >= 4 is 5.78 Å². The van der Waals surface area contributed by atoms with Gasteiger partial charge in [-0.05, 0) is 13.0 Å². The molecule has 0 fully saturated rings. The van der Waals surface area contributed by atoms with E-state index < -0.39 is 6.04 Å². The second-order valence-corrected chi connectivity index (χ2v) is 2.73. The van der Waals surface area contributed by atoms with Crippen molar-refractivity contribution in [1.29, 1.82) is 0 Å². The molecular formula is C9H12N2O2. The van der Waals surface area contributed by atoms with E-state index in [0.29, 0.717) is 11.3 Å². The van der Waals surface area contributed by atoms with Gasteiger partial charge in [-0.15, -0.1) is 0 Å². The number of aromatic nitrogens is 1. The van der Waals surface area contributed by atoms with E-state index >= 15 is 0 Å². The summed E-state index contributed by atoms with van der Waals surface area (Å²) in [4.78, 5) is 15.3. The Hall–Kier alpha value is -1.42. The van der Waals surface area contributed by atoms with Gasteiger partial charge in [-0.3, -0.25) is 9.78 Å². The van der Waals surface area contributed by atoms with Gasteiger partial charge in [0.15, 0.2) is 5.78 Å². The molecule has 0 unspecified atom stereocenters. The van der Waals surface area contributed by atoms with Crippen LogP contribution in [0.2, 0.25) is 0 Å². The normalized spacial score (nSPS) is 12.2. The summed E-state index contributed by atoms with van der Waals surface area (Å²) in [7, 11) is 1.51. The molecule has 0 saturated carbocycles. The van der Waals surface area contributed by atoms with Crippen molar-refractivity contribution in [2.45, 2.75) is 13.0 Å². The van der Waals surface area contributed by atoms with Gasteiger partial charge in [0, 0.05) is 12.4 Å². The third-order valence-electron chi connectivity index (χ3n) is 1.68. The lowest BCUT2D eigenvalue weighted by molar-refractivity contribution is 0.0964. The fraction of sp³-hybridized carbons (Fsp3) is 0.333. The van der Waals surface area contributed by atoms with Gasteiger partial charge in [0.2, 0.25) is 0 Å². The van der Waals surface area contributed by atoms with Crippen molar-refractivity contribution in [1.82, 2.24) is 4.98 Å². The highest BCUT2D eigenvalue weighted by atomic mass is 16.5. The Morgan fingerprint density at radius 2 is 2.38 bits per heavy atom. The minimum Gasteiger partial charge on any atom is -0.496 e. The van der Waals surface area contributed by atoms with Crippen LogP contribution in [0.3, 0.4) is 0 Å². The number of hydrogen-bond acceptors (Lipinski definition) is 4. The number of carbonyl (C=O) groups excluding carboxylic acids is 1. The minimum atomic E-state index is -0.530. The molecule has 1 atom stereocenters. The van der Waals surface area contributed by atoms with E-state index in [4.69, 9.17) is 10.5 Å². The molecule has 4 heteroatoms. The lowest BCUT2D eigenvalue weighted by atomic mass is 10.1. The molecule has 1 aromatic heterocycles. The number of nitrogens with zero attached hydrogens (tertiary/aromatic N) is 1. The van der Waals surface area contributed by atoms with Crippen LogP contribution in [0.15, 0.2) is 18.5 Å². The van der Waals surface area contributed by atoms with Crippen molar-refractivity contribution in [3.63, 3.8) is 0 Å². The van der Waals surface area contributed by atoms with Gasteiger partial charge in [-0.25, -0.2) is 0 Å². The Labute approximate surface area is 76.7 Å². The first kappa shape index (κ1) is 9.67. The Morgan fingerprint density at radius 1 is 1.69 bits per heavy atom. The van der Waals surface area contributed by atoms with Gasteiger partial charge in [0.05, 0.1) is 18.7 Å². The maximum atomic E-state index is 11.5. The largest absolute Gasteiger partial charge is 0.496 e. The minimum absolute atomic E-state index is 0.162. The van der Waals surface area contributed by atoms with Crippen LogP contribution in [-0.2, 0) is 0 Å². The average Bonchev–Trinajstić information content (AvgIpc) is 2.16. The van der Waals surface area contributed by atoms with Gasteiger partial charge in [-0.1, -0.05) is 0 Å². The number of rotatable bonds is 3. The molecule has 1 rings (SSSR count). The predicted molar refractivity (Wildman–Crippen MR) is 48.8 cm³/mol. The number of pyridine rings is 1. The van der Waals surface area contributed by atoms with Gasteiger partial charge in [0.25, 0.3) is 0 Å². The molecule has 0 saturated heterocycles. The smallest absolute Gasteiger partial charge is 0.184 e. The van der Waals surface area contributed by atoms with E-state index in [1.165, 1.54) is 13.3 Å². The number of ether oxygens (including phenoxy) is 1. The van der Waals surface area contributed by atoms with Crippen LogP contribution in [0.25, 0.3) is 0 Å². The number of hydrogen-bond donors (Lipinski definition) is 1. The van der Waals surface area contributed by atoms with E-state index in [2.05, 4.69) is 4.98 Å². The van der Waals surface area contributed by atoms with Crippen LogP contribution < -0.4 is 10.5 Å². The number of methoxy groups -OCH3 is 1. The number of nitrogens with two attached hydrogens (primary N) is 1. The summed E-state index contributed by atoms with van der Waals surface area (Å²) >= 11 is 0. The van der Waals surface area contributed by atoms with Crippen molar-refractivity contribution in [2.75, 3.05) is 7.11 Å². The van der Waals surface area contributed by atoms with Crippen LogP contribution in [0.1, 0.15) is 17.3 Å². The molecule has 0 bridgehead atoms. The van der Waals surface area contributed by atoms with Crippen LogP contribution in [0.4, 0.5) is 0 Å². The fourth-order valence-corrected chi connectivity index (χ4v) is 0.990. The van der Waals surface area contributed by atoms with Crippen LogP contribution >= 0.6 is 0 Å². The third kappa shape index (κ3) is 2.03. The maximum Gasteiger partial charge on any atom is 0.184 e. The first-order valence-corrected chi connectivity index (χ1v) is 3.94. The van der Waals surface area contributed by atoms with Gasteiger partial charge >= 0.3 is 0 Å².